The van der Waals surface area contributed by atoms with Crippen LogP contribution < -0.4 is 10.5 Å². The minimum absolute atomic E-state index is 0.0627. The third kappa shape index (κ3) is 3.32. The fraction of sp³-hybridized carbons (Fsp3) is 0.600. The van der Waals surface area contributed by atoms with Crippen molar-refractivity contribution in [2.24, 2.45) is 5.92 Å². The Bertz CT molecular complexity index is 593. The molecule has 1 fully saturated rings. The Kier molecular flexibility index (Phi) is 4.78. The Morgan fingerprint density at radius 3 is 2.38 bits per heavy atom. The molecule has 0 aliphatic heterocycles. The number of sulfonamides is 1. The summed E-state index contributed by atoms with van der Waals surface area (Å²) < 4.78 is 32.0. The summed E-state index contributed by atoms with van der Waals surface area (Å²) in [7, 11) is -0.380. The molecule has 5 nitrogen and oxygen atoms in total. The van der Waals surface area contributed by atoms with E-state index in [1.54, 1.807) is 19.2 Å². The number of rotatable bonds is 4. The van der Waals surface area contributed by atoms with E-state index in [2.05, 4.69) is 6.92 Å². The molecule has 0 bridgehead atoms. The number of nitrogen functional groups attached to an aromatic ring is 1. The van der Waals surface area contributed by atoms with Gasteiger partial charge in [0, 0.05) is 19.2 Å². The van der Waals surface area contributed by atoms with Gasteiger partial charge in [-0.15, -0.1) is 0 Å². The fourth-order valence-corrected chi connectivity index (χ4v) is 4.36. The maximum Gasteiger partial charge on any atom is 0.245 e. The molecule has 21 heavy (non-hydrogen) atoms. The van der Waals surface area contributed by atoms with Crippen molar-refractivity contribution >= 4 is 15.7 Å². The van der Waals surface area contributed by atoms with Gasteiger partial charge in [0.1, 0.15) is 10.6 Å². The van der Waals surface area contributed by atoms with Crippen molar-refractivity contribution in [1.82, 2.24) is 4.31 Å². The number of nitrogens with zero attached hydrogens (tertiary/aromatic N) is 1. The van der Waals surface area contributed by atoms with Gasteiger partial charge in [-0.05, 0) is 43.7 Å². The van der Waals surface area contributed by atoms with Crippen LogP contribution in [0.4, 0.5) is 5.69 Å². The van der Waals surface area contributed by atoms with Gasteiger partial charge in [-0.3, -0.25) is 0 Å². The molecule has 0 amide bonds. The highest BCUT2D eigenvalue weighted by molar-refractivity contribution is 7.89. The van der Waals surface area contributed by atoms with Crippen LogP contribution >= 0.6 is 0 Å². The van der Waals surface area contributed by atoms with E-state index < -0.39 is 10.0 Å². The van der Waals surface area contributed by atoms with Crippen molar-refractivity contribution in [1.29, 1.82) is 0 Å². The minimum Gasteiger partial charge on any atom is -0.497 e. The predicted octanol–water partition coefficient (Wildman–Crippen LogP) is 2.48. The van der Waals surface area contributed by atoms with E-state index in [0.29, 0.717) is 11.7 Å². The average molecular weight is 312 g/mol. The van der Waals surface area contributed by atoms with Gasteiger partial charge in [-0.2, -0.15) is 4.31 Å². The van der Waals surface area contributed by atoms with Gasteiger partial charge in [-0.25, -0.2) is 8.42 Å². The average Bonchev–Trinajstić information content (AvgIpc) is 2.46. The smallest absolute Gasteiger partial charge is 0.245 e. The Labute approximate surface area is 127 Å². The largest absolute Gasteiger partial charge is 0.497 e. The number of benzene rings is 1. The third-order valence-corrected chi connectivity index (χ3v) is 6.36. The highest BCUT2D eigenvalue weighted by Gasteiger charge is 2.31. The molecule has 6 heteroatoms. The summed E-state index contributed by atoms with van der Waals surface area (Å²) in [5, 5.41) is 0. The highest BCUT2D eigenvalue weighted by Crippen LogP contribution is 2.32. The molecule has 0 radical (unpaired) electrons. The van der Waals surface area contributed by atoms with Gasteiger partial charge < -0.3 is 10.5 Å². The number of nitrogens with two attached hydrogens (primary N) is 1. The van der Waals surface area contributed by atoms with E-state index in [1.807, 2.05) is 0 Å². The van der Waals surface area contributed by atoms with E-state index in [-0.39, 0.29) is 16.6 Å². The van der Waals surface area contributed by atoms with Crippen molar-refractivity contribution in [2.75, 3.05) is 19.9 Å². The van der Waals surface area contributed by atoms with Gasteiger partial charge >= 0.3 is 0 Å². The number of anilines is 1. The molecule has 0 unspecified atom stereocenters. The lowest BCUT2D eigenvalue weighted by Crippen LogP contribution is -2.39. The van der Waals surface area contributed by atoms with Crippen LogP contribution in [-0.2, 0) is 10.0 Å². The second-order valence-electron chi connectivity index (χ2n) is 5.84. The molecule has 0 heterocycles. The zero-order valence-electron chi connectivity index (χ0n) is 12.9. The van der Waals surface area contributed by atoms with Crippen LogP contribution in [0.1, 0.15) is 32.6 Å². The molecular weight excluding hydrogens is 288 g/mol. The molecule has 0 atom stereocenters. The highest BCUT2D eigenvalue weighted by atomic mass is 32.2. The van der Waals surface area contributed by atoms with Gasteiger partial charge in [0.25, 0.3) is 0 Å². The lowest BCUT2D eigenvalue weighted by Gasteiger charge is -2.33. The van der Waals surface area contributed by atoms with Gasteiger partial charge in [-0.1, -0.05) is 6.92 Å². The second-order valence-corrected chi connectivity index (χ2v) is 7.80. The van der Waals surface area contributed by atoms with E-state index in [0.717, 1.165) is 25.7 Å². The first kappa shape index (κ1) is 16.1. The molecule has 0 saturated heterocycles. The van der Waals surface area contributed by atoms with Crippen LogP contribution in [0.15, 0.2) is 23.1 Å². The monoisotopic (exact) mass is 312 g/mol. The first-order valence-electron chi connectivity index (χ1n) is 7.27. The van der Waals surface area contributed by atoms with E-state index in [9.17, 15) is 8.42 Å². The zero-order chi connectivity index (χ0) is 15.6. The molecule has 2 N–H and O–H groups in total. The minimum atomic E-state index is -3.56. The summed E-state index contributed by atoms with van der Waals surface area (Å²) in [6, 6.07) is 4.75. The molecule has 118 valence electrons. The molecular formula is C15H24N2O3S. The van der Waals surface area contributed by atoms with Crippen LogP contribution in [0.3, 0.4) is 0 Å². The van der Waals surface area contributed by atoms with E-state index in [4.69, 9.17) is 10.5 Å². The van der Waals surface area contributed by atoms with Crippen molar-refractivity contribution in [3.8, 4) is 5.75 Å². The molecule has 0 aromatic heterocycles. The molecule has 1 aliphatic carbocycles. The van der Waals surface area contributed by atoms with Gasteiger partial charge in [0.05, 0.1) is 12.8 Å². The van der Waals surface area contributed by atoms with Crippen LogP contribution in [0.25, 0.3) is 0 Å². The fourth-order valence-electron chi connectivity index (χ4n) is 2.85. The van der Waals surface area contributed by atoms with Crippen molar-refractivity contribution in [2.45, 2.75) is 43.5 Å². The van der Waals surface area contributed by atoms with E-state index in [1.165, 1.54) is 17.5 Å². The molecule has 0 spiro atoms. The topological polar surface area (TPSA) is 72.6 Å². The van der Waals surface area contributed by atoms with Crippen molar-refractivity contribution in [3.05, 3.63) is 18.2 Å². The second kappa shape index (κ2) is 6.23. The SMILES string of the molecule is COc1ccc(S(=O)(=O)N(C)C2CCC(C)CC2)c(N)c1. The lowest BCUT2D eigenvalue weighted by molar-refractivity contribution is 0.246. The maximum atomic E-state index is 12.7. The number of ether oxygens (including phenoxy) is 1. The summed E-state index contributed by atoms with van der Waals surface area (Å²) in [6.45, 7) is 2.21. The normalized spacial score (nSPS) is 23.2. The van der Waals surface area contributed by atoms with Gasteiger partial charge in [0.2, 0.25) is 10.0 Å². The summed E-state index contributed by atoms with van der Waals surface area (Å²) in [5.41, 5.74) is 6.11. The lowest BCUT2D eigenvalue weighted by atomic mass is 9.87. The van der Waals surface area contributed by atoms with Gasteiger partial charge in [0.15, 0.2) is 0 Å². The van der Waals surface area contributed by atoms with Crippen LogP contribution in [0.5, 0.6) is 5.75 Å². The molecule has 1 aromatic carbocycles. The predicted molar refractivity (Wildman–Crippen MR) is 83.8 cm³/mol. The summed E-state index contributed by atoms with van der Waals surface area (Å²) in [5.74, 6) is 1.24. The summed E-state index contributed by atoms with van der Waals surface area (Å²) in [6.07, 6.45) is 3.96. The van der Waals surface area contributed by atoms with Crippen LogP contribution in [0.2, 0.25) is 0 Å². The quantitative estimate of drug-likeness (QED) is 0.867. The van der Waals surface area contributed by atoms with Crippen LogP contribution in [-0.4, -0.2) is 32.9 Å². The Hall–Kier alpha value is -1.27. The number of hydrogen-bond acceptors (Lipinski definition) is 4. The molecule has 1 saturated carbocycles. The van der Waals surface area contributed by atoms with Crippen LogP contribution in [0, 0.1) is 5.92 Å². The Morgan fingerprint density at radius 1 is 1.24 bits per heavy atom. The Morgan fingerprint density at radius 2 is 1.86 bits per heavy atom. The summed E-state index contributed by atoms with van der Waals surface area (Å²) >= 11 is 0. The first-order valence-corrected chi connectivity index (χ1v) is 8.71. The third-order valence-electron chi connectivity index (χ3n) is 4.37. The summed E-state index contributed by atoms with van der Waals surface area (Å²) in [4.78, 5) is 0.157. The standard InChI is InChI=1S/C15H24N2O3S/c1-11-4-6-12(7-5-11)17(2)21(18,19)15-9-8-13(20-3)10-14(15)16/h8-12H,4-7,16H2,1-3H3. The number of hydrogen-bond donors (Lipinski definition) is 1. The first-order chi connectivity index (χ1) is 9.86. The number of methoxy groups -OCH3 is 1. The molecule has 1 aromatic rings. The van der Waals surface area contributed by atoms with Crippen molar-refractivity contribution < 1.29 is 13.2 Å². The van der Waals surface area contributed by atoms with E-state index >= 15 is 0 Å². The molecule has 1 aliphatic rings. The molecule has 2 rings (SSSR count). The van der Waals surface area contributed by atoms with Crippen molar-refractivity contribution in [3.63, 3.8) is 0 Å². The Balaban J connectivity index is 2.25. The zero-order valence-corrected chi connectivity index (χ0v) is 13.7. The maximum absolute atomic E-state index is 12.7.